The van der Waals surface area contributed by atoms with Gasteiger partial charge in [-0.25, -0.2) is 0 Å². The first-order valence-electron chi connectivity index (χ1n) is 6.86. The Morgan fingerprint density at radius 1 is 1.32 bits per heavy atom. The molecule has 1 aromatic carbocycles. The number of hydrogen-bond donors (Lipinski definition) is 1. The van der Waals surface area contributed by atoms with Gasteiger partial charge in [0.1, 0.15) is 0 Å². The molecule has 0 aliphatic carbocycles. The second kappa shape index (κ2) is 8.20. The van der Waals surface area contributed by atoms with Crippen LogP contribution in [-0.4, -0.2) is 31.1 Å². The molecule has 0 amide bonds. The molecule has 0 saturated carbocycles. The van der Waals surface area contributed by atoms with Gasteiger partial charge in [0.15, 0.2) is 0 Å². The standard InChI is InChI=1S/C15H18ClF3N2.ClH/c1-2-3-14(21-8-6-20-7-9-21)11-4-5-13(16)12(10-11)15(17,18)19;/h2,4-5,10,14,20H,1,3,6-9H2;1H/t14-;/m1./s1. The van der Waals surface area contributed by atoms with E-state index in [1.807, 2.05) is 0 Å². The summed E-state index contributed by atoms with van der Waals surface area (Å²) in [5.41, 5.74) is -0.139. The van der Waals surface area contributed by atoms with Crippen LogP contribution in [-0.2, 0) is 6.18 Å². The van der Waals surface area contributed by atoms with Gasteiger partial charge in [-0.15, -0.1) is 19.0 Å². The van der Waals surface area contributed by atoms with E-state index >= 15 is 0 Å². The second-order valence-electron chi connectivity index (χ2n) is 5.06. The summed E-state index contributed by atoms with van der Waals surface area (Å²) in [5, 5.41) is 2.98. The minimum Gasteiger partial charge on any atom is -0.314 e. The van der Waals surface area contributed by atoms with Crippen LogP contribution in [0.2, 0.25) is 5.02 Å². The number of nitrogens with zero attached hydrogens (tertiary/aromatic N) is 1. The van der Waals surface area contributed by atoms with Crippen LogP contribution in [0.25, 0.3) is 0 Å². The molecule has 0 bridgehead atoms. The van der Waals surface area contributed by atoms with Gasteiger partial charge in [-0.3, -0.25) is 4.90 Å². The molecule has 2 rings (SSSR count). The Morgan fingerprint density at radius 2 is 1.95 bits per heavy atom. The summed E-state index contributed by atoms with van der Waals surface area (Å²) in [7, 11) is 0. The first-order valence-corrected chi connectivity index (χ1v) is 7.23. The molecule has 0 radical (unpaired) electrons. The van der Waals surface area contributed by atoms with Crippen molar-refractivity contribution >= 4 is 24.0 Å². The normalized spacial score (nSPS) is 17.6. The van der Waals surface area contributed by atoms with E-state index in [-0.39, 0.29) is 23.5 Å². The lowest BCUT2D eigenvalue weighted by molar-refractivity contribution is -0.137. The van der Waals surface area contributed by atoms with E-state index in [4.69, 9.17) is 11.6 Å². The van der Waals surface area contributed by atoms with Gasteiger partial charge in [-0.1, -0.05) is 23.7 Å². The zero-order chi connectivity index (χ0) is 15.5. The van der Waals surface area contributed by atoms with Gasteiger partial charge >= 0.3 is 6.18 Å². The van der Waals surface area contributed by atoms with E-state index in [0.717, 1.165) is 26.2 Å². The predicted octanol–water partition coefficient (Wildman–Crippen LogP) is 4.30. The highest BCUT2D eigenvalue weighted by Gasteiger charge is 2.34. The summed E-state index contributed by atoms with van der Waals surface area (Å²) in [5.74, 6) is 0. The van der Waals surface area contributed by atoms with Crippen molar-refractivity contribution in [3.05, 3.63) is 47.0 Å². The van der Waals surface area contributed by atoms with Crippen LogP contribution in [0.5, 0.6) is 0 Å². The van der Waals surface area contributed by atoms with E-state index in [1.54, 1.807) is 12.1 Å². The predicted molar refractivity (Wildman–Crippen MR) is 85.7 cm³/mol. The van der Waals surface area contributed by atoms with Crippen LogP contribution in [0.4, 0.5) is 13.2 Å². The minimum atomic E-state index is -4.44. The van der Waals surface area contributed by atoms with Crippen LogP contribution in [0, 0.1) is 0 Å². The van der Waals surface area contributed by atoms with Gasteiger partial charge < -0.3 is 5.32 Å². The Bertz CT molecular complexity index is 500. The van der Waals surface area contributed by atoms with Gasteiger partial charge in [0.2, 0.25) is 0 Å². The van der Waals surface area contributed by atoms with E-state index in [1.165, 1.54) is 12.1 Å². The summed E-state index contributed by atoms with van der Waals surface area (Å²) in [4.78, 5) is 2.18. The molecule has 0 aromatic heterocycles. The first-order chi connectivity index (χ1) is 9.93. The molecule has 1 atom stereocenters. The van der Waals surface area contributed by atoms with Crippen LogP contribution in [0.3, 0.4) is 0 Å². The molecule has 0 spiro atoms. The Hall–Kier alpha value is -0.750. The van der Waals surface area contributed by atoms with Crippen molar-refractivity contribution in [1.29, 1.82) is 0 Å². The molecular weight excluding hydrogens is 336 g/mol. The van der Waals surface area contributed by atoms with Gasteiger partial charge in [0.05, 0.1) is 10.6 Å². The van der Waals surface area contributed by atoms with Crippen molar-refractivity contribution in [2.45, 2.75) is 18.6 Å². The minimum absolute atomic E-state index is 0. The molecule has 0 unspecified atom stereocenters. The lowest BCUT2D eigenvalue weighted by Crippen LogP contribution is -2.45. The molecule has 124 valence electrons. The quantitative estimate of drug-likeness (QED) is 0.810. The van der Waals surface area contributed by atoms with Crippen molar-refractivity contribution in [3.63, 3.8) is 0 Å². The number of halogens is 5. The van der Waals surface area contributed by atoms with Gasteiger partial charge in [0.25, 0.3) is 0 Å². The maximum atomic E-state index is 13.0. The van der Waals surface area contributed by atoms with E-state index in [0.29, 0.717) is 12.0 Å². The van der Waals surface area contributed by atoms with Gasteiger partial charge in [-0.05, 0) is 24.1 Å². The highest BCUT2D eigenvalue weighted by atomic mass is 35.5. The molecule has 2 nitrogen and oxygen atoms in total. The Balaban J connectivity index is 0.00000242. The summed E-state index contributed by atoms with van der Waals surface area (Å²) in [6, 6.07) is 4.08. The molecule has 1 N–H and O–H groups in total. The van der Waals surface area contributed by atoms with Crippen LogP contribution < -0.4 is 5.32 Å². The highest BCUT2D eigenvalue weighted by molar-refractivity contribution is 6.31. The third-order valence-electron chi connectivity index (χ3n) is 3.66. The number of piperazine rings is 1. The molecule has 1 aliphatic heterocycles. The molecular formula is C15H19Cl2F3N2. The zero-order valence-corrected chi connectivity index (χ0v) is 13.6. The van der Waals surface area contributed by atoms with Crippen LogP contribution in [0.1, 0.15) is 23.6 Å². The molecule has 1 heterocycles. The fourth-order valence-electron chi connectivity index (χ4n) is 2.62. The largest absolute Gasteiger partial charge is 0.417 e. The maximum Gasteiger partial charge on any atom is 0.417 e. The third-order valence-corrected chi connectivity index (χ3v) is 3.99. The Labute approximate surface area is 139 Å². The molecule has 1 fully saturated rings. The second-order valence-corrected chi connectivity index (χ2v) is 5.47. The molecule has 1 aliphatic rings. The summed E-state index contributed by atoms with van der Waals surface area (Å²) >= 11 is 5.68. The smallest absolute Gasteiger partial charge is 0.314 e. The van der Waals surface area contributed by atoms with Gasteiger partial charge in [-0.2, -0.15) is 13.2 Å². The van der Waals surface area contributed by atoms with Crippen LogP contribution in [0.15, 0.2) is 30.9 Å². The molecule has 22 heavy (non-hydrogen) atoms. The molecule has 7 heteroatoms. The van der Waals surface area contributed by atoms with Crippen LogP contribution >= 0.6 is 24.0 Å². The monoisotopic (exact) mass is 354 g/mol. The molecule has 1 saturated heterocycles. The van der Waals surface area contributed by atoms with Crippen molar-refractivity contribution < 1.29 is 13.2 Å². The van der Waals surface area contributed by atoms with Crippen molar-refractivity contribution in [2.75, 3.05) is 26.2 Å². The lowest BCUT2D eigenvalue weighted by atomic mass is 9.99. The van der Waals surface area contributed by atoms with E-state index in [2.05, 4.69) is 16.8 Å². The fourth-order valence-corrected chi connectivity index (χ4v) is 2.84. The number of benzene rings is 1. The number of rotatable bonds is 4. The van der Waals surface area contributed by atoms with Crippen molar-refractivity contribution in [1.82, 2.24) is 10.2 Å². The Kier molecular flexibility index (Phi) is 7.19. The average Bonchev–Trinajstić information content (AvgIpc) is 2.45. The van der Waals surface area contributed by atoms with Gasteiger partial charge in [0, 0.05) is 32.2 Å². The summed E-state index contributed by atoms with van der Waals surface area (Å²) < 4.78 is 39.0. The molecule has 1 aromatic rings. The zero-order valence-electron chi connectivity index (χ0n) is 12.0. The van der Waals surface area contributed by atoms with Crippen molar-refractivity contribution in [2.24, 2.45) is 0 Å². The lowest BCUT2D eigenvalue weighted by Gasteiger charge is -2.35. The maximum absolute atomic E-state index is 13.0. The number of nitrogens with one attached hydrogen (secondary N) is 1. The summed E-state index contributed by atoms with van der Waals surface area (Å²) in [6.07, 6.45) is -2.08. The van der Waals surface area contributed by atoms with E-state index < -0.39 is 11.7 Å². The van der Waals surface area contributed by atoms with E-state index in [9.17, 15) is 13.2 Å². The summed E-state index contributed by atoms with van der Waals surface area (Å²) in [6.45, 7) is 7.02. The fraction of sp³-hybridized carbons (Fsp3) is 0.467. The number of hydrogen-bond acceptors (Lipinski definition) is 2. The topological polar surface area (TPSA) is 15.3 Å². The third kappa shape index (κ3) is 4.62. The SMILES string of the molecule is C=CC[C@H](c1ccc(Cl)c(C(F)(F)F)c1)N1CCNCC1.Cl. The highest BCUT2D eigenvalue weighted by Crippen LogP contribution is 2.37. The van der Waals surface area contributed by atoms with Crippen molar-refractivity contribution in [3.8, 4) is 0 Å². The average molecular weight is 355 g/mol. The first kappa shape index (κ1) is 19.3. The Morgan fingerprint density at radius 3 is 2.50 bits per heavy atom. The number of alkyl halides is 3.